The van der Waals surface area contributed by atoms with Gasteiger partial charge in [-0.05, 0) is 52.6 Å². The van der Waals surface area contributed by atoms with Gasteiger partial charge in [0.15, 0.2) is 0 Å². The highest BCUT2D eigenvalue weighted by atomic mass is 35.5. The van der Waals surface area contributed by atoms with E-state index < -0.39 is 0 Å². The Morgan fingerprint density at radius 2 is 1.83 bits per heavy atom. The summed E-state index contributed by atoms with van der Waals surface area (Å²) >= 11 is 6.33. The van der Waals surface area contributed by atoms with E-state index in [1.807, 2.05) is 30.3 Å². The SMILES string of the molecule is Clc1cc(NC2COCc3ccccc32)cc(-c2ccncc2)c1. The van der Waals surface area contributed by atoms with E-state index in [1.165, 1.54) is 11.1 Å². The normalized spacial score (nSPS) is 16.5. The minimum Gasteiger partial charge on any atom is -0.376 e. The van der Waals surface area contributed by atoms with Crippen LogP contribution in [0.25, 0.3) is 11.1 Å². The molecule has 1 aliphatic heterocycles. The van der Waals surface area contributed by atoms with Crippen LogP contribution >= 0.6 is 11.6 Å². The molecule has 4 heteroatoms. The van der Waals surface area contributed by atoms with Crippen LogP contribution in [0, 0.1) is 0 Å². The highest BCUT2D eigenvalue weighted by molar-refractivity contribution is 6.31. The average molecular weight is 337 g/mol. The number of aromatic nitrogens is 1. The van der Waals surface area contributed by atoms with Crippen LogP contribution in [0.3, 0.4) is 0 Å². The van der Waals surface area contributed by atoms with Gasteiger partial charge in [-0.1, -0.05) is 35.9 Å². The molecule has 4 rings (SSSR count). The minimum absolute atomic E-state index is 0.124. The largest absolute Gasteiger partial charge is 0.376 e. The number of nitrogens with one attached hydrogen (secondary N) is 1. The van der Waals surface area contributed by atoms with Crippen molar-refractivity contribution in [3.8, 4) is 11.1 Å². The molecule has 1 atom stereocenters. The maximum Gasteiger partial charge on any atom is 0.0751 e. The van der Waals surface area contributed by atoms with E-state index in [1.54, 1.807) is 12.4 Å². The number of halogens is 1. The smallest absolute Gasteiger partial charge is 0.0751 e. The van der Waals surface area contributed by atoms with Gasteiger partial charge >= 0.3 is 0 Å². The molecule has 0 saturated heterocycles. The Hall–Kier alpha value is -2.36. The summed E-state index contributed by atoms with van der Waals surface area (Å²) in [6.45, 7) is 1.32. The number of fused-ring (bicyclic) bond motifs is 1. The van der Waals surface area contributed by atoms with Crippen molar-refractivity contribution < 1.29 is 4.74 Å². The van der Waals surface area contributed by atoms with Crippen LogP contribution in [0.5, 0.6) is 0 Å². The predicted molar refractivity (Wildman–Crippen MR) is 97.1 cm³/mol. The van der Waals surface area contributed by atoms with Crippen molar-refractivity contribution in [2.75, 3.05) is 11.9 Å². The Bertz CT molecular complexity index is 851. The molecule has 1 aromatic heterocycles. The van der Waals surface area contributed by atoms with E-state index in [2.05, 4.69) is 34.6 Å². The summed E-state index contributed by atoms with van der Waals surface area (Å²) in [6, 6.07) is 18.5. The molecule has 0 amide bonds. The summed E-state index contributed by atoms with van der Waals surface area (Å²) in [5, 5.41) is 4.27. The number of hydrogen-bond donors (Lipinski definition) is 1. The van der Waals surface area contributed by atoms with Gasteiger partial charge in [0.25, 0.3) is 0 Å². The maximum absolute atomic E-state index is 6.33. The lowest BCUT2D eigenvalue weighted by Crippen LogP contribution is -2.23. The second kappa shape index (κ2) is 6.63. The Morgan fingerprint density at radius 1 is 1.00 bits per heavy atom. The fraction of sp³-hybridized carbons (Fsp3) is 0.150. The second-order valence-electron chi connectivity index (χ2n) is 5.88. The van der Waals surface area contributed by atoms with E-state index in [4.69, 9.17) is 16.3 Å². The monoisotopic (exact) mass is 336 g/mol. The highest BCUT2D eigenvalue weighted by Gasteiger charge is 2.20. The third kappa shape index (κ3) is 3.14. The van der Waals surface area contributed by atoms with Gasteiger partial charge in [-0.25, -0.2) is 0 Å². The Labute approximate surface area is 146 Å². The van der Waals surface area contributed by atoms with Crippen molar-refractivity contribution in [2.45, 2.75) is 12.6 Å². The van der Waals surface area contributed by atoms with Crippen molar-refractivity contribution >= 4 is 17.3 Å². The third-order valence-corrected chi connectivity index (χ3v) is 4.44. The zero-order chi connectivity index (χ0) is 16.4. The van der Waals surface area contributed by atoms with Gasteiger partial charge in [0, 0.05) is 23.1 Å². The van der Waals surface area contributed by atoms with E-state index in [0.717, 1.165) is 16.8 Å². The standard InChI is InChI=1S/C20H17ClN2O/c21-17-9-16(14-5-7-22-8-6-14)10-18(11-17)23-20-13-24-12-15-3-1-2-4-19(15)20/h1-11,20,23H,12-13H2. The molecule has 0 bridgehead atoms. The van der Waals surface area contributed by atoms with Crippen LogP contribution in [-0.4, -0.2) is 11.6 Å². The average Bonchev–Trinajstić information content (AvgIpc) is 2.62. The van der Waals surface area contributed by atoms with Crippen molar-refractivity contribution in [1.82, 2.24) is 4.98 Å². The zero-order valence-corrected chi connectivity index (χ0v) is 13.8. The lowest BCUT2D eigenvalue weighted by atomic mass is 9.98. The highest BCUT2D eigenvalue weighted by Crippen LogP contribution is 2.31. The van der Waals surface area contributed by atoms with E-state index in [9.17, 15) is 0 Å². The molecule has 1 aliphatic rings. The summed E-state index contributed by atoms with van der Waals surface area (Å²) in [6.07, 6.45) is 3.57. The zero-order valence-electron chi connectivity index (χ0n) is 13.1. The third-order valence-electron chi connectivity index (χ3n) is 4.22. The maximum atomic E-state index is 6.33. The Morgan fingerprint density at radius 3 is 2.71 bits per heavy atom. The van der Waals surface area contributed by atoms with Gasteiger partial charge in [0.2, 0.25) is 0 Å². The van der Waals surface area contributed by atoms with Crippen molar-refractivity contribution in [2.24, 2.45) is 0 Å². The Balaban J connectivity index is 1.65. The molecular formula is C20H17ClN2O. The molecule has 0 fully saturated rings. The molecule has 0 saturated carbocycles. The molecule has 120 valence electrons. The lowest BCUT2D eigenvalue weighted by molar-refractivity contribution is 0.0970. The second-order valence-corrected chi connectivity index (χ2v) is 6.31. The number of rotatable bonds is 3. The molecule has 0 aliphatic carbocycles. The number of hydrogen-bond acceptors (Lipinski definition) is 3. The van der Waals surface area contributed by atoms with Gasteiger partial charge in [-0.15, -0.1) is 0 Å². The van der Waals surface area contributed by atoms with Crippen molar-refractivity contribution in [3.05, 3.63) is 83.1 Å². The molecule has 1 N–H and O–H groups in total. The molecule has 3 nitrogen and oxygen atoms in total. The first kappa shape index (κ1) is 15.2. The van der Waals surface area contributed by atoms with Gasteiger partial charge in [0.1, 0.15) is 0 Å². The summed E-state index contributed by atoms with van der Waals surface area (Å²) in [5.74, 6) is 0. The topological polar surface area (TPSA) is 34.1 Å². The van der Waals surface area contributed by atoms with Gasteiger partial charge < -0.3 is 10.1 Å². The number of nitrogens with zero attached hydrogens (tertiary/aromatic N) is 1. The molecule has 0 spiro atoms. The number of anilines is 1. The summed E-state index contributed by atoms with van der Waals surface area (Å²) in [7, 11) is 0. The summed E-state index contributed by atoms with van der Waals surface area (Å²) in [5.41, 5.74) is 5.67. The molecule has 2 heterocycles. The fourth-order valence-corrected chi connectivity index (χ4v) is 3.32. The van der Waals surface area contributed by atoms with Gasteiger partial charge in [-0.3, -0.25) is 4.98 Å². The molecule has 3 aromatic rings. The van der Waals surface area contributed by atoms with Crippen LogP contribution in [0.15, 0.2) is 67.0 Å². The van der Waals surface area contributed by atoms with Crippen LogP contribution in [-0.2, 0) is 11.3 Å². The van der Waals surface area contributed by atoms with Crippen LogP contribution in [0.4, 0.5) is 5.69 Å². The first-order valence-electron chi connectivity index (χ1n) is 7.93. The fourth-order valence-electron chi connectivity index (χ4n) is 3.09. The molecule has 1 unspecified atom stereocenters. The molecule has 0 radical (unpaired) electrons. The summed E-state index contributed by atoms with van der Waals surface area (Å²) in [4.78, 5) is 4.07. The molecule has 2 aromatic carbocycles. The Kier molecular flexibility index (Phi) is 4.20. The van der Waals surface area contributed by atoms with E-state index in [0.29, 0.717) is 18.2 Å². The van der Waals surface area contributed by atoms with Gasteiger partial charge in [0.05, 0.1) is 19.3 Å². The minimum atomic E-state index is 0.124. The first-order valence-corrected chi connectivity index (χ1v) is 8.30. The molecule has 24 heavy (non-hydrogen) atoms. The van der Waals surface area contributed by atoms with Crippen molar-refractivity contribution in [1.29, 1.82) is 0 Å². The van der Waals surface area contributed by atoms with Crippen LogP contribution < -0.4 is 5.32 Å². The quantitative estimate of drug-likeness (QED) is 0.723. The lowest BCUT2D eigenvalue weighted by Gasteiger charge is -2.27. The van der Waals surface area contributed by atoms with Crippen molar-refractivity contribution in [3.63, 3.8) is 0 Å². The predicted octanol–water partition coefficient (Wildman–Crippen LogP) is 5.09. The van der Waals surface area contributed by atoms with Gasteiger partial charge in [-0.2, -0.15) is 0 Å². The van der Waals surface area contributed by atoms with Crippen LogP contribution in [0.2, 0.25) is 5.02 Å². The molecular weight excluding hydrogens is 320 g/mol. The first-order chi connectivity index (χ1) is 11.8. The number of pyridine rings is 1. The van der Waals surface area contributed by atoms with E-state index in [-0.39, 0.29) is 6.04 Å². The van der Waals surface area contributed by atoms with Crippen LogP contribution in [0.1, 0.15) is 17.2 Å². The number of benzene rings is 2. The van der Waals surface area contributed by atoms with E-state index >= 15 is 0 Å². The number of ether oxygens (including phenoxy) is 1. The summed E-state index contributed by atoms with van der Waals surface area (Å²) < 4.78 is 5.72.